The van der Waals surface area contributed by atoms with Gasteiger partial charge in [0.25, 0.3) is 5.89 Å². The van der Waals surface area contributed by atoms with Gasteiger partial charge in [0.2, 0.25) is 17.4 Å². The monoisotopic (exact) mass is 344 g/mol. The number of hydrogen-bond donors (Lipinski definition) is 0. The van der Waals surface area contributed by atoms with Crippen LogP contribution in [0.2, 0.25) is 0 Å². The van der Waals surface area contributed by atoms with E-state index in [1.54, 1.807) is 29.4 Å². The number of piperidine rings is 1. The third kappa shape index (κ3) is 3.15. The van der Waals surface area contributed by atoms with Crippen molar-refractivity contribution in [2.24, 2.45) is 5.92 Å². The van der Waals surface area contributed by atoms with Crippen LogP contribution in [0.1, 0.15) is 44.4 Å². The number of halogens is 1. The third-order valence-electron chi connectivity index (χ3n) is 5.21. The van der Waals surface area contributed by atoms with Crippen molar-refractivity contribution < 1.29 is 13.7 Å². The fraction of sp³-hybridized carbons (Fsp3) is 0.556. The zero-order valence-electron chi connectivity index (χ0n) is 14.0. The second-order valence-corrected chi connectivity index (χ2v) is 6.97. The molecule has 25 heavy (non-hydrogen) atoms. The molecule has 0 aromatic carbocycles. The second kappa shape index (κ2) is 6.54. The van der Waals surface area contributed by atoms with Gasteiger partial charge in [0, 0.05) is 30.4 Å². The van der Waals surface area contributed by atoms with Crippen LogP contribution in [0, 0.1) is 5.92 Å². The Morgan fingerprint density at radius 3 is 2.76 bits per heavy atom. The highest BCUT2D eigenvalue weighted by atomic mass is 19.1. The Labute approximate surface area is 145 Å². The van der Waals surface area contributed by atoms with Gasteiger partial charge in [-0.2, -0.15) is 4.98 Å². The number of nitrogens with zero attached hydrogens (tertiary/aromatic N) is 4. The van der Waals surface area contributed by atoms with Gasteiger partial charge in [0.15, 0.2) is 0 Å². The summed E-state index contributed by atoms with van der Waals surface area (Å²) in [7, 11) is 0. The lowest BCUT2D eigenvalue weighted by Gasteiger charge is -2.36. The molecule has 0 radical (unpaired) electrons. The highest BCUT2D eigenvalue weighted by Gasteiger charge is 2.44. The van der Waals surface area contributed by atoms with Gasteiger partial charge in [-0.3, -0.25) is 9.78 Å². The van der Waals surface area contributed by atoms with Gasteiger partial charge in [-0.05, 0) is 37.8 Å². The average molecular weight is 344 g/mol. The molecule has 1 amide bonds. The van der Waals surface area contributed by atoms with Crippen LogP contribution in [-0.2, 0) is 10.5 Å². The Kier molecular flexibility index (Phi) is 4.23. The van der Waals surface area contributed by atoms with Crippen molar-refractivity contribution in [3.8, 4) is 11.4 Å². The first-order valence-corrected chi connectivity index (χ1v) is 8.88. The fourth-order valence-corrected chi connectivity index (χ4v) is 3.83. The van der Waals surface area contributed by atoms with Crippen LogP contribution in [0.3, 0.4) is 0 Å². The van der Waals surface area contributed by atoms with E-state index in [4.69, 9.17) is 4.52 Å². The van der Waals surface area contributed by atoms with E-state index in [0.717, 1.165) is 31.2 Å². The summed E-state index contributed by atoms with van der Waals surface area (Å²) in [6, 6.07) is 3.49. The van der Waals surface area contributed by atoms with Gasteiger partial charge < -0.3 is 9.42 Å². The number of amides is 1. The number of aromatic nitrogens is 3. The predicted molar refractivity (Wildman–Crippen MR) is 88.1 cm³/mol. The molecule has 1 atom stereocenters. The molecule has 0 spiro atoms. The van der Waals surface area contributed by atoms with Gasteiger partial charge in [0.05, 0.1) is 6.54 Å². The van der Waals surface area contributed by atoms with Crippen molar-refractivity contribution in [1.82, 2.24) is 20.0 Å². The molecule has 2 fully saturated rings. The molecule has 0 N–H and O–H groups in total. The minimum atomic E-state index is -1.77. The van der Waals surface area contributed by atoms with Crippen LogP contribution >= 0.6 is 0 Å². The van der Waals surface area contributed by atoms with Gasteiger partial charge in [0.1, 0.15) is 0 Å². The van der Waals surface area contributed by atoms with Gasteiger partial charge in [-0.1, -0.05) is 18.0 Å². The van der Waals surface area contributed by atoms with Crippen LogP contribution < -0.4 is 0 Å². The molecule has 7 heteroatoms. The Morgan fingerprint density at radius 2 is 2.00 bits per heavy atom. The molecule has 2 aromatic rings. The van der Waals surface area contributed by atoms with Crippen LogP contribution in [0.15, 0.2) is 29.0 Å². The van der Waals surface area contributed by atoms with Crippen LogP contribution in [0.25, 0.3) is 11.4 Å². The summed E-state index contributed by atoms with van der Waals surface area (Å²) in [5.74, 6) is 0.433. The minimum Gasteiger partial charge on any atom is -0.339 e. The van der Waals surface area contributed by atoms with Crippen molar-refractivity contribution >= 4 is 5.91 Å². The molecule has 4 rings (SSSR count). The normalized spacial score (nSPS) is 24.6. The maximum atomic E-state index is 15.5. The Bertz CT molecular complexity index is 745. The summed E-state index contributed by atoms with van der Waals surface area (Å²) in [6.45, 7) is 0.604. The minimum absolute atomic E-state index is 0.000309. The lowest BCUT2D eigenvalue weighted by molar-refractivity contribution is -0.140. The van der Waals surface area contributed by atoms with Crippen molar-refractivity contribution in [2.45, 2.75) is 44.2 Å². The summed E-state index contributed by atoms with van der Waals surface area (Å²) in [4.78, 5) is 22.5. The van der Waals surface area contributed by atoms with E-state index < -0.39 is 5.67 Å². The maximum absolute atomic E-state index is 15.5. The van der Waals surface area contributed by atoms with E-state index in [1.165, 1.54) is 0 Å². The molecule has 1 unspecified atom stereocenters. The Hall–Kier alpha value is -2.31. The summed E-state index contributed by atoms with van der Waals surface area (Å²) in [5, 5.41) is 3.90. The number of pyridine rings is 1. The third-order valence-corrected chi connectivity index (χ3v) is 5.21. The summed E-state index contributed by atoms with van der Waals surface area (Å²) in [5.41, 5.74) is -1.05. The highest BCUT2D eigenvalue weighted by molar-refractivity contribution is 5.79. The van der Waals surface area contributed by atoms with Crippen LogP contribution in [0.4, 0.5) is 4.39 Å². The number of carbonyl (C=O) groups excluding carboxylic acids is 1. The van der Waals surface area contributed by atoms with E-state index in [1.807, 2.05) is 0 Å². The Morgan fingerprint density at radius 1 is 1.24 bits per heavy atom. The largest absolute Gasteiger partial charge is 0.339 e. The van der Waals surface area contributed by atoms with Crippen molar-refractivity contribution in [3.63, 3.8) is 0 Å². The predicted octanol–water partition coefficient (Wildman–Crippen LogP) is 3.11. The first kappa shape index (κ1) is 16.2. The van der Waals surface area contributed by atoms with E-state index in [0.29, 0.717) is 25.2 Å². The van der Waals surface area contributed by atoms with Crippen molar-refractivity contribution in [1.29, 1.82) is 0 Å². The summed E-state index contributed by atoms with van der Waals surface area (Å²) >= 11 is 0. The molecule has 6 nitrogen and oxygen atoms in total. The quantitative estimate of drug-likeness (QED) is 0.855. The second-order valence-electron chi connectivity index (χ2n) is 6.97. The first-order valence-electron chi connectivity index (χ1n) is 8.88. The van der Waals surface area contributed by atoms with Gasteiger partial charge >= 0.3 is 0 Å². The van der Waals surface area contributed by atoms with Crippen molar-refractivity contribution in [2.75, 3.05) is 13.1 Å². The van der Waals surface area contributed by atoms with E-state index in [2.05, 4.69) is 15.1 Å². The molecule has 1 saturated heterocycles. The topological polar surface area (TPSA) is 72.1 Å². The molecule has 2 aromatic heterocycles. The number of carbonyl (C=O) groups is 1. The fourth-order valence-electron chi connectivity index (χ4n) is 3.83. The van der Waals surface area contributed by atoms with Gasteiger partial charge in [-0.25, -0.2) is 4.39 Å². The smallest absolute Gasteiger partial charge is 0.266 e. The SMILES string of the molecule is O=C(C1CCCC1)N1CCCC(F)(c2nc(-c3ccncc3)no2)C1. The molecule has 1 aliphatic heterocycles. The molecule has 132 valence electrons. The highest BCUT2D eigenvalue weighted by Crippen LogP contribution is 2.37. The lowest BCUT2D eigenvalue weighted by atomic mass is 9.93. The van der Waals surface area contributed by atoms with Crippen molar-refractivity contribution in [3.05, 3.63) is 30.4 Å². The summed E-state index contributed by atoms with van der Waals surface area (Å²) < 4.78 is 20.7. The maximum Gasteiger partial charge on any atom is 0.266 e. The van der Waals surface area contributed by atoms with E-state index >= 15 is 4.39 Å². The lowest BCUT2D eigenvalue weighted by Crippen LogP contribution is -2.48. The van der Waals surface area contributed by atoms with E-state index in [-0.39, 0.29) is 24.3 Å². The molecular weight excluding hydrogens is 323 g/mol. The Balaban J connectivity index is 1.53. The molecular formula is C18H21FN4O2. The number of rotatable bonds is 3. The van der Waals surface area contributed by atoms with Crippen LogP contribution in [0.5, 0.6) is 0 Å². The van der Waals surface area contributed by atoms with E-state index in [9.17, 15) is 4.79 Å². The number of alkyl halides is 1. The zero-order chi connectivity index (χ0) is 17.3. The number of likely N-dealkylation sites (tertiary alicyclic amines) is 1. The summed E-state index contributed by atoms with van der Waals surface area (Å²) in [6.07, 6.45) is 8.15. The molecule has 2 aliphatic rings. The molecule has 1 saturated carbocycles. The standard InChI is InChI=1S/C18H21FN4O2/c19-18(17-21-15(22-25-17)13-6-9-20-10-7-13)8-3-11-23(12-18)16(24)14-4-1-2-5-14/h6-7,9-10,14H,1-5,8,11-12H2. The molecule has 0 bridgehead atoms. The average Bonchev–Trinajstić information content (AvgIpc) is 3.34. The molecule has 1 aliphatic carbocycles. The van der Waals surface area contributed by atoms with Gasteiger partial charge in [-0.15, -0.1) is 0 Å². The molecule has 3 heterocycles. The zero-order valence-corrected chi connectivity index (χ0v) is 14.0. The first-order chi connectivity index (χ1) is 12.2. The van der Waals surface area contributed by atoms with Crippen LogP contribution in [-0.4, -0.2) is 39.0 Å². The number of hydrogen-bond acceptors (Lipinski definition) is 5.